The van der Waals surface area contributed by atoms with E-state index < -0.39 is 48.2 Å². The maximum Gasteiger partial charge on any atom is 0.174 e. The number of benzene rings is 1. The lowest BCUT2D eigenvalue weighted by molar-refractivity contribution is -0.251. The van der Waals surface area contributed by atoms with Gasteiger partial charge in [0.2, 0.25) is 0 Å². The molecule has 21 heavy (non-hydrogen) atoms. The summed E-state index contributed by atoms with van der Waals surface area (Å²) in [6.07, 6.45) is -5.38. The van der Waals surface area contributed by atoms with E-state index in [1.54, 1.807) is 24.3 Å². The molecule has 0 bridgehead atoms. The molecule has 0 aromatic heterocycles. The minimum Gasteiger partial charge on any atom is -0.394 e. The maximum absolute atomic E-state index is 12.2. The molecule has 1 aromatic carbocycles. The van der Waals surface area contributed by atoms with Crippen LogP contribution in [0.15, 0.2) is 29.2 Å². The van der Waals surface area contributed by atoms with Crippen LogP contribution in [0.3, 0.4) is 0 Å². The highest BCUT2D eigenvalue weighted by molar-refractivity contribution is 14.1. The molecule has 1 saturated heterocycles. The molecule has 6 atom stereocenters. The molecule has 6 unspecified atom stereocenters. The fourth-order valence-corrected chi connectivity index (χ4v) is 3.36. The lowest BCUT2D eigenvalue weighted by Gasteiger charge is -2.40. The zero-order chi connectivity index (χ0) is 15.6. The van der Waals surface area contributed by atoms with Crippen molar-refractivity contribution < 1.29 is 29.4 Å². The van der Waals surface area contributed by atoms with Crippen molar-refractivity contribution in [3.8, 4) is 0 Å². The molecule has 2 rings (SSSR count). The van der Waals surface area contributed by atoms with Gasteiger partial charge in [-0.1, -0.05) is 0 Å². The van der Waals surface area contributed by atoms with Crippen molar-refractivity contribution in [2.24, 2.45) is 0 Å². The Morgan fingerprint density at radius 3 is 2.38 bits per heavy atom. The topological polar surface area (TPSA) is 119 Å². The molecule has 0 amide bonds. The number of aliphatic hydroxyl groups is 4. The van der Waals surface area contributed by atoms with Crippen molar-refractivity contribution in [1.29, 1.82) is 0 Å². The molecule has 118 valence electrons. The molecule has 9 heteroatoms. The summed E-state index contributed by atoms with van der Waals surface area (Å²) in [7, 11) is -1.69. The van der Waals surface area contributed by atoms with Crippen LogP contribution in [0.4, 0.5) is 0 Å². The van der Waals surface area contributed by atoms with Gasteiger partial charge >= 0.3 is 0 Å². The van der Waals surface area contributed by atoms with E-state index in [4.69, 9.17) is 9.84 Å². The fourth-order valence-electron chi connectivity index (χ4n) is 1.97. The number of nitrogens with one attached hydrogen (secondary N) is 1. The number of rotatable bonds is 4. The molecule has 0 aliphatic carbocycles. The van der Waals surface area contributed by atoms with E-state index in [1.165, 1.54) is 0 Å². The molecule has 1 aromatic rings. The molecule has 1 aliphatic rings. The Bertz CT molecular complexity index is 501. The van der Waals surface area contributed by atoms with Crippen LogP contribution in [0, 0.1) is 3.57 Å². The number of hydrogen-bond donors (Lipinski definition) is 5. The Kier molecular flexibility index (Phi) is 6.08. The highest BCUT2D eigenvalue weighted by atomic mass is 127. The van der Waals surface area contributed by atoms with Crippen molar-refractivity contribution in [2.75, 3.05) is 6.61 Å². The summed E-state index contributed by atoms with van der Waals surface area (Å²) in [5.74, 6) is 0. The smallest absolute Gasteiger partial charge is 0.174 e. The molecule has 7 nitrogen and oxygen atoms in total. The van der Waals surface area contributed by atoms with Crippen LogP contribution in [0.2, 0.25) is 0 Å². The Hall–Kier alpha value is -0.140. The number of halogens is 1. The van der Waals surface area contributed by atoms with Gasteiger partial charge in [0.1, 0.15) is 29.3 Å². The Labute approximate surface area is 137 Å². The van der Waals surface area contributed by atoms with Gasteiger partial charge < -0.3 is 25.2 Å². The van der Waals surface area contributed by atoms with Crippen LogP contribution in [0.5, 0.6) is 0 Å². The van der Waals surface area contributed by atoms with Crippen LogP contribution in [-0.2, 0) is 15.7 Å². The van der Waals surface area contributed by atoms with Gasteiger partial charge in [-0.3, -0.25) is 0 Å². The second kappa shape index (κ2) is 7.42. The number of hydrogen-bond acceptors (Lipinski definition) is 6. The van der Waals surface area contributed by atoms with Crippen LogP contribution >= 0.6 is 22.6 Å². The SMILES string of the molecule is O=S(NC1C(O)OC(CO)C(O)C1O)c1ccc(I)cc1. The minimum absolute atomic E-state index is 0.466. The van der Waals surface area contributed by atoms with E-state index in [-0.39, 0.29) is 0 Å². The van der Waals surface area contributed by atoms with E-state index in [0.29, 0.717) is 4.90 Å². The molecule has 1 fully saturated rings. The summed E-state index contributed by atoms with van der Waals surface area (Å²) >= 11 is 2.11. The fraction of sp³-hybridized carbons (Fsp3) is 0.500. The highest BCUT2D eigenvalue weighted by Gasteiger charge is 2.44. The molecule has 5 N–H and O–H groups in total. The molecule has 0 spiro atoms. The van der Waals surface area contributed by atoms with Crippen LogP contribution in [0.1, 0.15) is 0 Å². The van der Waals surface area contributed by atoms with Crippen molar-refractivity contribution >= 4 is 33.6 Å². The van der Waals surface area contributed by atoms with Crippen molar-refractivity contribution in [1.82, 2.24) is 4.72 Å². The van der Waals surface area contributed by atoms with Crippen LogP contribution in [0.25, 0.3) is 0 Å². The molecule has 1 aliphatic heterocycles. The predicted octanol–water partition coefficient (Wildman–Crippen LogP) is -1.30. The summed E-state index contributed by atoms with van der Waals surface area (Å²) in [5, 5.41) is 38.5. The summed E-state index contributed by atoms with van der Waals surface area (Å²) in [6, 6.07) is 5.72. The second-order valence-electron chi connectivity index (χ2n) is 4.60. The number of aliphatic hydroxyl groups excluding tert-OH is 4. The third-order valence-corrected chi connectivity index (χ3v) is 5.08. The predicted molar refractivity (Wildman–Crippen MR) is 82.5 cm³/mol. The van der Waals surface area contributed by atoms with Gasteiger partial charge in [0.15, 0.2) is 6.29 Å². The monoisotopic (exact) mass is 429 g/mol. The summed E-state index contributed by atoms with van der Waals surface area (Å²) in [6.45, 7) is -0.539. The van der Waals surface area contributed by atoms with E-state index in [2.05, 4.69) is 27.3 Å². The van der Waals surface area contributed by atoms with Crippen LogP contribution in [-0.4, -0.2) is 61.9 Å². The average Bonchev–Trinajstić information content (AvgIpc) is 2.47. The van der Waals surface area contributed by atoms with Gasteiger partial charge in [-0.2, -0.15) is 0 Å². The Morgan fingerprint density at radius 1 is 1.19 bits per heavy atom. The summed E-state index contributed by atoms with van der Waals surface area (Å²) in [5.41, 5.74) is 0. The van der Waals surface area contributed by atoms with Crippen molar-refractivity contribution in [3.05, 3.63) is 27.8 Å². The van der Waals surface area contributed by atoms with E-state index in [9.17, 15) is 19.5 Å². The van der Waals surface area contributed by atoms with E-state index in [1.807, 2.05) is 0 Å². The zero-order valence-corrected chi connectivity index (χ0v) is 13.8. The van der Waals surface area contributed by atoms with Gasteiger partial charge in [-0.15, -0.1) is 0 Å². The molecule has 0 saturated carbocycles. The first-order valence-corrected chi connectivity index (χ1v) is 8.41. The quantitative estimate of drug-likeness (QED) is 0.380. The third kappa shape index (κ3) is 3.99. The summed E-state index contributed by atoms with van der Waals surface area (Å²) < 4.78 is 20.7. The second-order valence-corrected chi connectivity index (χ2v) is 7.09. The van der Waals surface area contributed by atoms with Crippen molar-refractivity contribution in [2.45, 2.75) is 35.5 Å². The van der Waals surface area contributed by atoms with Crippen LogP contribution < -0.4 is 4.72 Å². The summed E-state index contributed by atoms with van der Waals surface area (Å²) in [4.78, 5) is 0.466. The van der Waals surface area contributed by atoms with Gasteiger partial charge in [0.25, 0.3) is 0 Å². The lowest BCUT2D eigenvalue weighted by atomic mass is 9.98. The first-order valence-electron chi connectivity index (χ1n) is 6.18. The number of ether oxygens (including phenoxy) is 1. The lowest BCUT2D eigenvalue weighted by Crippen LogP contribution is -2.63. The van der Waals surface area contributed by atoms with Gasteiger partial charge in [-0.05, 0) is 46.9 Å². The highest BCUT2D eigenvalue weighted by Crippen LogP contribution is 2.21. The molecule has 1 heterocycles. The average molecular weight is 429 g/mol. The minimum atomic E-state index is -1.69. The van der Waals surface area contributed by atoms with Gasteiger partial charge in [0.05, 0.1) is 17.5 Å². The largest absolute Gasteiger partial charge is 0.394 e. The Morgan fingerprint density at radius 2 is 1.81 bits per heavy atom. The Balaban J connectivity index is 2.07. The van der Waals surface area contributed by atoms with Gasteiger partial charge in [0, 0.05) is 3.57 Å². The normalized spacial score (nSPS) is 34.6. The van der Waals surface area contributed by atoms with E-state index >= 15 is 0 Å². The van der Waals surface area contributed by atoms with E-state index in [0.717, 1.165) is 3.57 Å². The molecular weight excluding hydrogens is 413 g/mol. The van der Waals surface area contributed by atoms with Crippen molar-refractivity contribution in [3.63, 3.8) is 0 Å². The molecule has 0 radical (unpaired) electrons. The first kappa shape index (κ1) is 17.2. The maximum atomic E-state index is 12.2. The third-order valence-electron chi connectivity index (χ3n) is 3.17. The zero-order valence-electron chi connectivity index (χ0n) is 10.8. The standard InChI is InChI=1S/C12H16INO6S/c13-6-1-3-7(4-2-6)21(19)14-9-11(17)10(16)8(5-15)20-12(9)18/h1-4,8-12,14-18H,5H2. The molecular formula is C12H16INO6S. The first-order chi connectivity index (χ1) is 9.93. The van der Waals surface area contributed by atoms with Gasteiger partial charge in [-0.25, -0.2) is 8.93 Å².